The minimum Gasteiger partial charge on any atom is -0.465 e. The SMILES string of the molecule is COC(=O)c1sc(-c2cccc(F)c2)nc1Cl. The second-order valence-electron chi connectivity index (χ2n) is 3.14. The number of thiazole rings is 1. The van der Waals surface area contributed by atoms with Gasteiger partial charge in [-0.25, -0.2) is 14.2 Å². The molecule has 3 nitrogen and oxygen atoms in total. The molecule has 1 heterocycles. The Morgan fingerprint density at radius 3 is 2.94 bits per heavy atom. The summed E-state index contributed by atoms with van der Waals surface area (Å²) in [5, 5.41) is 0.552. The quantitative estimate of drug-likeness (QED) is 0.786. The first-order valence-electron chi connectivity index (χ1n) is 4.62. The molecule has 0 unspecified atom stereocenters. The number of rotatable bonds is 2. The fourth-order valence-electron chi connectivity index (χ4n) is 1.27. The molecule has 2 rings (SSSR count). The van der Waals surface area contributed by atoms with Crippen LogP contribution in [0, 0.1) is 5.82 Å². The van der Waals surface area contributed by atoms with Gasteiger partial charge in [0.25, 0.3) is 0 Å². The molecular formula is C11H7ClFNO2S. The molecule has 0 aliphatic carbocycles. The average Bonchev–Trinajstić information content (AvgIpc) is 2.70. The fourth-order valence-corrected chi connectivity index (χ4v) is 2.46. The van der Waals surface area contributed by atoms with Crippen molar-refractivity contribution in [3.05, 3.63) is 40.1 Å². The lowest BCUT2D eigenvalue weighted by atomic mass is 10.2. The number of methoxy groups -OCH3 is 1. The van der Waals surface area contributed by atoms with Crippen LogP contribution in [-0.2, 0) is 4.74 Å². The molecule has 0 aliphatic rings. The number of benzene rings is 1. The Kier molecular flexibility index (Phi) is 3.40. The Balaban J connectivity index is 2.44. The Morgan fingerprint density at radius 1 is 1.53 bits per heavy atom. The molecule has 0 saturated heterocycles. The molecule has 17 heavy (non-hydrogen) atoms. The van der Waals surface area contributed by atoms with Crippen molar-refractivity contribution in [2.75, 3.05) is 7.11 Å². The van der Waals surface area contributed by atoms with E-state index in [0.29, 0.717) is 10.6 Å². The fraction of sp³-hybridized carbons (Fsp3) is 0.0909. The number of hydrogen-bond donors (Lipinski definition) is 0. The van der Waals surface area contributed by atoms with Crippen LogP contribution in [0.4, 0.5) is 4.39 Å². The van der Waals surface area contributed by atoms with E-state index in [2.05, 4.69) is 9.72 Å². The van der Waals surface area contributed by atoms with Crippen LogP contribution in [0.25, 0.3) is 10.6 Å². The Morgan fingerprint density at radius 2 is 2.29 bits per heavy atom. The molecule has 1 aromatic carbocycles. The first-order valence-corrected chi connectivity index (χ1v) is 5.82. The molecule has 0 bridgehead atoms. The van der Waals surface area contributed by atoms with E-state index in [1.165, 1.54) is 19.2 Å². The van der Waals surface area contributed by atoms with E-state index >= 15 is 0 Å². The van der Waals surface area contributed by atoms with E-state index in [4.69, 9.17) is 11.6 Å². The summed E-state index contributed by atoms with van der Waals surface area (Å²) in [6.07, 6.45) is 0. The van der Waals surface area contributed by atoms with Gasteiger partial charge in [-0.2, -0.15) is 0 Å². The molecule has 0 saturated carbocycles. The second-order valence-corrected chi connectivity index (χ2v) is 4.50. The van der Waals surface area contributed by atoms with Gasteiger partial charge in [-0.15, -0.1) is 11.3 Å². The molecule has 6 heteroatoms. The molecular weight excluding hydrogens is 265 g/mol. The zero-order chi connectivity index (χ0) is 12.4. The molecule has 0 atom stereocenters. The summed E-state index contributed by atoms with van der Waals surface area (Å²) in [5.41, 5.74) is 0.576. The summed E-state index contributed by atoms with van der Waals surface area (Å²) < 4.78 is 17.6. The van der Waals surface area contributed by atoms with Crippen LogP contribution in [0.3, 0.4) is 0 Å². The maximum absolute atomic E-state index is 13.0. The number of carbonyl (C=O) groups excluding carboxylic acids is 1. The van der Waals surface area contributed by atoms with Crippen LogP contribution >= 0.6 is 22.9 Å². The Bertz CT molecular complexity index is 570. The topological polar surface area (TPSA) is 39.2 Å². The standard InChI is InChI=1S/C11H7ClFNO2S/c1-16-11(15)8-9(12)14-10(17-8)6-3-2-4-7(13)5-6/h2-5H,1H3. The number of halogens is 2. The molecule has 0 aliphatic heterocycles. The molecule has 88 valence electrons. The van der Waals surface area contributed by atoms with Crippen molar-refractivity contribution in [3.8, 4) is 10.6 Å². The average molecular weight is 272 g/mol. The summed E-state index contributed by atoms with van der Waals surface area (Å²) >= 11 is 6.88. The number of ether oxygens (including phenoxy) is 1. The number of esters is 1. The van der Waals surface area contributed by atoms with E-state index in [0.717, 1.165) is 11.3 Å². The van der Waals surface area contributed by atoms with Gasteiger partial charge in [-0.3, -0.25) is 0 Å². The summed E-state index contributed by atoms with van der Waals surface area (Å²) in [6.45, 7) is 0. The van der Waals surface area contributed by atoms with Gasteiger partial charge in [0.05, 0.1) is 7.11 Å². The van der Waals surface area contributed by atoms with Crippen molar-refractivity contribution in [1.29, 1.82) is 0 Å². The number of nitrogens with zero attached hydrogens (tertiary/aromatic N) is 1. The number of carbonyl (C=O) groups is 1. The normalized spacial score (nSPS) is 10.3. The van der Waals surface area contributed by atoms with Crippen LogP contribution < -0.4 is 0 Å². The number of aromatic nitrogens is 1. The lowest BCUT2D eigenvalue weighted by Crippen LogP contribution is -1.98. The van der Waals surface area contributed by atoms with Crippen LogP contribution in [-0.4, -0.2) is 18.1 Å². The van der Waals surface area contributed by atoms with Crippen LogP contribution in [0.1, 0.15) is 9.67 Å². The highest BCUT2D eigenvalue weighted by Crippen LogP contribution is 2.31. The highest BCUT2D eigenvalue weighted by Gasteiger charge is 2.18. The lowest BCUT2D eigenvalue weighted by Gasteiger charge is -1.95. The third-order valence-corrected chi connectivity index (χ3v) is 3.50. The van der Waals surface area contributed by atoms with Crippen molar-refractivity contribution < 1.29 is 13.9 Å². The molecule has 1 aromatic heterocycles. The van der Waals surface area contributed by atoms with Gasteiger partial charge in [0.1, 0.15) is 10.8 Å². The van der Waals surface area contributed by atoms with Crippen LogP contribution in [0.2, 0.25) is 5.15 Å². The first-order chi connectivity index (χ1) is 8.11. The maximum Gasteiger partial charge on any atom is 0.351 e. The van der Waals surface area contributed by atoms with Crippen molar-refractivity contribution in [3.63, 3.8) is 0 Å². The predicted octanol–water partition coefficient (Wildman–Crippen LogP) is 3.39. The highest BCUT2D eigenvalue weighted by atomic mass is 35.5. The molecule has 2 aromatic rings. The highest BCUT2D eigenvalue weighted by molar-refractivity contribution is 7.17. The van der Waals surface area contributed by atoms with Gasteiger partial charge in [0.2, 0.25) is 0 Å². The number of hydrogen-bond acceptors (Lipinski definition) is 4. The van der Waals surface area contributed by atoms with Gasteiger partial charge in [0, 0.05) is 5.56 Å². The molecule has 0 N–H and O–H groups in total. The van der Waals surface area contributed by atoms with Gasteiger partial charge in [0.15, 0.2) is 10.0 Å². The van der Waals surface area contributed by atoms with Gasteiger partial charge in [-0.1, -0.05) is 23.7 Å². The van der Waals surface area contributed by atoms with Crippen molar-refractivity contribution in [1.82, 2.24) is 4.98 Å². The zero-order valence-electron chi connectivity index (χ0n) is 8.74. The van der Waals surface area contributed by atoms with E-state index in [1.54, 1.807) is 12.1 Å². The largest absolute Gasteiger partial charge is 0.465 e. The lowest BCUT2D eigenvalue weighted by molar-refractivity contribution is 0.0606. The summed E-state index contributed by atoms with van der Waals surface area (Å²) in [6, 6.07) is 5.92. The molecule has 0 fully saturated rings. The maximum atomic E-state index is 13.0. The summed E-state index contributed by atoms with van der Waals surface area (Å²) in [5.74, 6) is -0.913. The van der Waals surface area contributed by atoms with Gasteiger partial charge < -0.3 is 4.74 Å². The van der Waals surface area contributed by atoms with E-state index < -0.39 is 5.97 Å². The van der Waals surface area contributed by atoms with Gasteiger partial charge >= 0.3 is 5.97 Å². The van der Waals surface area contributed by atoms with Crippen LogP contribution in [0.15, 0.2) is 24.3 Å². The molecule has 0 amide bonds. The molecule has 0 spiro atoms. The third kappa shape index (κ3) is 2.45. The van der Waals surface area contributed by atoms with E-state index in [1.807, 2.05) is 0 Å². The smallest absolute Gasteiger partial charge is 0.351 e. The van der Waals surface area contributed by atoms with Crippen molar-refractivity contribution >= 4 is 28.9 Å². The van der Waals surface area contributed by atoms with E-state index in [9.17, 15) is 9.18 Å². The van der Waals surface area contributed by atoms with Crippen molar-refractivity contribution in [2.24, 2.45) is 0 Å². The second kappa shape index (κ2) is 4.81. The van der Waals surface area contributed by atoms with E-state index in [-0.39, 0.29) is 15.8 Å². The third-order valence-electron chi connectivity index (χ3n) is 2.03. The minimum atomic E-state index is -0.546. The first kappa shape index (κ1) is 12.0. The summed E-state index contributed by atoms with van der Waals surface area (Å²) in [7, 11) is 1.26. The molecule has 0 radical (unpaired) electrons. The van der Waals surface area contributed by atoms with Crippen LogP contribution in [0.5, 0.6) is 0 Å². The van der Waals surface area contributed by atoms with Crippen molar-refractivity contribution in [2.45, 2.75) is 0 Å². The van der Waals surface area contributed by atoms with Gasteiger partial charge in [-0.05, 0) is 12.1 Å². The predicted molar refractivity (Wildman–Crippen MR) is 63.9 cm³/mol. The monoisotopic (exact) mass is 271 g/mol. The minimum absolute atomic E-state index is 0.0705. The zero-order valence-corrected chi connectivity index (χ0v) is 10.3. The Labute approximate surface area is 106 Å². The summed E-state index contributed by atoms with van der Waals surface area (Å²) in [4.78, 5) is 15.6. The Hall–Kier alpha value is -1.46.